The third kappa shape index (κ3) is 3.10. The minimum absolute atomic E-state index is 0.158. The molecule has 0 saturated heterocycles. The molecule has 0 aliphatic rings. The van der Waals surface area contributed by atoms with Gasteiger partial charge in [0.1, 0.15) is 0 Å². The van der Waals surface area contributed by atoms with E-state index in [1.165, 1.54) is 5.69 Å². The number of hydrogen-bond donors (Lipinski definition) is 1. The summed E-state index contributed by atoms with van der Waals surface area (Å²) < 4.78 is 2.01. The molecule has 0 aliphatic heterocycles. The summed E-state index contributed by atoms with van der Waals surface area (Å²) in [6.07, 6.45) is 6.34. The molecule has 1 heterocycles. The Morgan fingerprint density at radius 1 is 1.60 bits per heavy atom. The van der Waals surface area contributed by atoms with Crippen LogP contribution in [0.5, 0.6) is 0 Å². The van der Waals surface area contributed by atoms with E-state index < -0.39 is 0 Å². The zero-order valence-corrected chi connectivity index (χ0v) is 9.75. The van der Waals surface area contributed by atoms with E-state index in [2.05, 4.69) is 36.2 Å². The van der Waals surface area contributed by atoms with Crippen LogP contribution in [0.2, 0.25) is 0 Å². The van der Waals surface area contributed by atoms with Gasteiger partial charge >= 0.3 is 0 Å². The van der Waals surface area contributed by atoms with E-state index in [0.29, 0.717) is 0 Å². The molecule has 0 bridgehead atoms. The number of aromatic nitrogens is 2. The molecule has 15 heavy (non-hydrogen) atoms. The molecular formula is C12H19N3. The predicted molar refractivity (Wildman–Crippen MR) is 62.4 cm³/mol. The van der Waals surface area contributed by atoms with Gasteiger partial charge in [-0.2, -0.15) is 5.10 Å². The van der Waals surface area contributed by atoms with Crippen molar-refractivity contribution in [3.05, 3.63) is 17.5 Å². The number of rotatable bonds is 5. The van der Waals surface area contributed by atoms with Crippen molar-refractivity contribution in [1.82, 2.24) is 15.1 Å². The minimum Gasteiger partial charge on any atom is -0.298 e. The Kier molecular flexibility index (Phi) is 4.38. The Bertz CT molecular complexity index is 346. The fourth-order valence-electron chi connectivity index (χ4n) is 1.56. The molecule has 0 saturated carbocycles. The van der Waals surface area contributed by atoms with Crippen LogP contribution in [-0.4, -0.2) is 15.8 Å². The summed E-state index contributed by atoms with van der Waals surface area (Å²) in [6.45, 7) is 7.87. The average molecular weight is 205 g/mol. The van der Waals surface area contributed by atoms with E-state index in [0.717, 1.165) is 25.2 Å². The van der Waals surface area contributed by atoms with Crippen LogP contribution < -0.4 is 5.32 Å². The quantitative estimate of drug-likeness (QED) is 0.742. The Labute approximate surface area is 91.9 Å². The molecule has 3 heteroatoms. The fourth-order valence-corrected chi connectivity index (χ4v) is 1.56. The van der Waals surface area contributed by atoms with E-state index in [4.69, 9.17) is 6.42 Å². The fraction of sp³-hybridized carbons (Fsp3) is 0.583. The first-order valence-electron chi connectivity index (χ1n) is 5.44. The monoisotopic (exact) mass is 205 g/mol. The molecule has 0 spiro atoms. The van der Waals surface area contributed by atoms with Crippen molar-refractivity contribution in [3.63, 3.8) is 0 Å². The zero-order valence-electron chi connectivity index (χ0n) is 9.75. The van der Waals surface area contributed by atoms with Gasteiger partial charge in [0.15, 0.2) is 0 Å². The predicted octanol–water partition coefficient (Wildman–Crippen LogP) is 1.71. The smallest absolute Gasteiger partial charge is 0.0687 e. The Hall–Kier alpha value is -1.27. The largest absolute Gasteiger partial charge is 0.298 e. The van der Waals surface area contributed by atoms with Crippen LogP contribution in [0, 0.1) is 19.3 Å². The van der Waals surface area contributed by atoms with Gasteiger partial charge < -0.3 is 0 Å². The van der Waals surface area contributed by atoms with Crippen LogP contribution in [0.4, 0.5) is 0 Å². The number of nitrogens with zero attached hydrogens (tertiary/aromatic N) is 2. The van der Waals surface area contributed by atoms with Gasteiger partial charge in [-0.1, -0.05) is 12.8 Å². The third-order valence-corrected chi connectivity index (χ3v) is 2.42. The molecule has 3 nitrogen and oxygen atoms in total. The lowest BCUT2D eigenvalue weighted by atomic mass is 10.2. The van der Waals surface area contributed by atoms with Crippen LogP contribution in [0.15, 0.2) is 6.07 Å². The second kappa shape index (κ2) is 5.57. The first-order valence-corrected chi connectivity index (χ1v) is 5.44. The van der Waals surface area contributed by atoms with Gasteiger partial charge in [-0.3, -0.25) is 10.00 Å². The molecule has 0 amide bonds. The van der Waals surface area contributed by atoms with Gasteiger partial charge in [0, 0.05) is 13.1 Å². The summed E-state index contributed by atoms with van der Waals surface area (Å²) in [5, 5.41) is 7.71. The maximum Gasteiger partial charge on any atom is 0.0687 e. The number of aryl methyl sites for hydroxylation is 2. The lowest BCUT2D eigenvalue weighted by Gasteiger charge is -2.11. The van der Waals surface area contributed by atoms with E-state index in [9.17, 15) is 0 Å². The summed E-state index contributed by atoms with van der Waals surface area (Å²) in [5.41, 5.74) is 2.26. The van der Waals surface area contributed by atoms with Gasteiger partial charge in [0.2, 0.25) is 0 Å². The highest BCUT2D eigenvalue weighted by atomic mass is 15.3. The maximum absolute atomic E-state index is 5.39. The van der Waals surface area contributed by atoms with Crippen LogP contribution >= 0.6 is 0 Å². The molecule has 1 unspecified atom stereocenters. The van der Waals surface area contributed by atoms with Crippen molar-refractivity contribution in [2.24, 2.45) is 0 Å². The summed E-state index contributed by atoms with van der Waals surface area (Å²) in [4.78, 5) is 0. The second-order valence-electron chi connectivity index (χ2n) is 3.60. The van der Waals surface area contributed by atoms with Gasteiger partial charge in [-0.05, 0) is 26.3 Å². The molecule has 1 N–H and O–H groups in total. The summed E-state index contributed by atoms with van der Waals surface area (Å²) in [7, 11) is 0. The van der Waals surface area contributed by atoms with Crippen molar-refractivity contribution in [1.29, 1.82) is 0 Å². The molecule has 1 aromatic heterocycles. The van der Waals surface area contributed by atoms with Gasteiger partial charge in [-0.15, -0.1) is 6.42 Å². The van der Waals surface area contributed by atoms with Gasteiger partial charge in [-0.25, -0.2) is 0 Å². The highest BCUT2D eigenvalue weighted by molar-refractivity contribution is 5.09. The summed E-state index contributed by atoms with van der Waals surface area (Å²) in [5.74, 6) is 2.73. The Morgan fingerprint density at radius 3 is 2.87 bits per heavy atom. The SMILES string of the molecule is C#CC(CC)NCc1cc(C)nn1CC. The zero-order chi connectivity index (χ0) is 11.3. The van der Waals surface area contributed by atoms with E-state index in [-0.39, 0.29) is 6.04 Å². The molecule has 1 atom stereocenters. The van der Waals surface area contributed by atoms with Crippen molar-refractivity contribution in [2.75, 3.05) is 0 Å². The van der Waals surface area contributed by atoms with Crippen LogP contribution in [0.1, 0.15) is 31.7 Å². The van der Waals surface area contributed by atoms with Crippen molar-refractivity contribution in [2.45, 2.75) is 46.3 Å². The van der Waals surface area contributed by atoms with Crippen LogP contribution in [0.3, 0.4) is 0 Å². The van der Waals surface area contributed by atoms with E-state index >= 15 is 0 Å². The number of nitrogens with one attached hydrogen (secondary N) is 1. The average Bonchev–Trinajstić information content (AvgIpc) is 2.60. The lowest BCUT2D eigenvalue weighted by Crippen LogP contribution is -2.27. The van der Waals surface area contributed by atoms with E-state index in [1.54, 1.807) is 0 Å². The Balaban J connectivity index is 2.60. The molecule has 0 fully saturated rings. The summed E-state index contributed by atoms with van der Waals surface area (Å²) in [6, 6.07) is 2.25. The van der Waals surface area contributed by atoms with Crippen molar-refractivity contribution < 1.29 is 0 Å². The normalized spacial score (nSPS) is 12.4. The first-order chi connectivity index (χ1) is 7.21. The molecule has 0 aromatic carbocycles. The highest BCUT2D eigenvalue weighted by Crippen LogP contribution is 2.04. The minimum atomic E-state index is 0.158. The topological polar surface area (TPSA) is 29.9 Å². The maximum atomic E-state index is 5.39. The number of hydrogen-bond acceptors (Lipinski definition) is 2. The molecule has 0 aliphatic carbocycles. The van der Waals surface area contributed by atoms with Crippen LogP contribution in [-0.2, 0) is 13.1 Å². The number of terminal acetylenes is 1. The molecule has 1 rings (SSSR count). The molecule has 0 radical (unpaired) electrons. The summed E-state index contributed by atoms with van der Waals surface area (Å²) >= 11 is 0. The van der Waals surface area contributed by atoms with Gasteiger partial charge in [0.25, 0.3) is 0 Å². The third-order valence-electron chi connectivity index (χ3n) is 2.42. The van der Waals surface area contributed by atoms with Crippen molar-refractivity contribution >= 4 is 0 Å². The molecule has 82 valence electrons. The molecular weight excluding hydrogens is 186 g/mol. The highest BCUT2D eigenvalue weighted by Gasteiger charge is 2.06. The van der Waals surface area contributed by atoms with Crippen molar-refractivity contribution in [3.8, 4) is 12.3 Å². The van der Waals surface area contributed by atoms with Gasteiger partial charge in [0.05, 0.1) is 17.4 Å². The second-order valence-corrected chi connectivity index (χ2v) is 3.60. The standard InChI is InChI=1S/C12H19N3/c1-5-11(6-2)13-9-12-8-10(4)14-15(12)7-3/h1,8,11,13H,6-7,9H2,2-4H3. The first kappa shape index (κ1) is 11.8. The lowest BCUT2D eigenvalue weighted by molar-refractivity contribution is 0.543. The molecule has 1 aromatic rings. The Morgan fingerprint density at radius 2 is 2.33 bits per heavy atom. The van der Waals surface area contributed by atoms with E-state index in [1.807, 2.05) is 11.6 Å². The van der Waals surface area contributed by atoms with Crippen LogP contribution in [0.25, 0.3) is 0 Å².